The lowest BCUT2D eigenvalue weighted by molar-refractivity contribution is -0.149. The summed E-state index contributed by atoms with van der Waals surface area (Å²) in [5.41, 5.74) is -0.241. The first-order valence-electron chi connectivity index (χ1n) is 9.88. The third-order valence-corrected chi connectivity index (χ3v) is 6.04. The van der Waals surface area contributed by atoms with Crippen molar-refractivity contribution in [3.05, 3.63) is 30.2 Å². The van der Waals surface area contributed by atoms with Crippen LogP contribution in [0.2, 0.25) is 0 Å². The zero-order valence-electron chi connectivity index (χ0n) is 16.9. The molecule has 0 spiro atoms. The van der Waals surface area contributed by atoms with Crippen LogP contribution < -0.4 is 5.32 Å². The Morgan fingerprint density at radius 2 is 2.00 bits per heavy atom. The Bertz CT molecular complexity index is 935. The average molecular weight is 398 g/mol. The Kier molecular flexibility index (Phi) is 4.55. The van der Waals surface area contributed by atoms with Crippen LogP contribution in [0.5, 0.6) is 0 Å². The quantitative estimate of drug-likeness (QED) is 0.822. The molecule has 2 amide bonds. The zero-order valence-corrected chi connectivity index (χ0v) is 16.9. The van der Waals surface area contributed by atoms with Gasteiger partial charge in [0.1, 0.15) is 5.82 Å². The fraction of sp³-hybridized carbons (Fsp3) is 0.550. The molecule has 154 valence electrons. The summed E-state index contributed by atoms with van der Waals surface area (Å²) in [7, 11) is 0. The number of rotatable bonds is 3. The number of nitrogens with one attached hydrogen (secondary N) is 1. The standard InChI is InChI=1S/C20H26N6O3/c1-19(2,3)14-10-15(26(24-14)17-21-8-5-9-22-17)23-18(29)25-11-13-6-4-7-20(13,12-25)16(27)28/h5,8-10,13H,4,6-7,11-12H2,1-3H3,(H,23,29)(H,27,28)/t13-,20+/m0/s1. The summed E-state index contributed by atoms with van der Waals surface area (Å²) in [6.07, 6.45) is 5.61. The van der Waals surface area contributed by atoms with E-state index < -0.39 is 11.4 Å². The van der Waals surface area contributed by atoms with Crippen LogP contribution >= 0.6 is 0 Å². The molecule has 9 heteroatoms. The molecule has 2 aromatic rings. The highest BCUT2D eigenvalue weighted by Crippen LogP contribution is 2.49. The van der Waals surface area contributed by atoms with Gasteiger partial charge < -0.3 is 10.0 Å². The molecule has 1 saturated heterocycles. The van der Waals surface area contributed by atoms with E-state index in [1.54, 1.807) is 23.4 Å². The monoisotopic (exact) mass is 398 g/mol. The largest absolute Gasteiger partial charge is 0.481 e. The van der Waals surface area contributed by atoms with E-state index in [2.05, 4.69) is 20.4 Å². The Morgan fingerprint density at radius 3 is 2.62 bits per heavy atom. The Morgan fingerprint density at radius 1 is 1.28 bits per heavy atom. The van der Waals surface area contributed by atoms with Crippen molar-refractivity contribution in [2.75, 3.05) is 18.4 Å². The second-order valence-electron chi connectivity index (χ2n) is 8.99. The van der Waals surface area contributed by atoms with Crippen LogP contribution in [0.3, 0.4) is 0 Å². The number of urea groups is 1. The fourth-order valence-corrected chi connectivity index (χ4v) is 4.37. The van der Waals surface area contributed by atoms with Gasteiger partial charge in [-0.2, -0.15) is 9.78 Å². The van der Waals surface area contributed by atoms with Crippen LogP contribution in [0.25, 0.3) is 5.95 Å². The summed E-state index contributed by atoms with van der Waals surface area (Å²) >= 11 is 0. The van der Waals surface area contributed by atoms with Gasteiger partial charge >= 0.3 is 12.0 Å². The molecule has 1 aliphatic heterocycles. The van der Waals surface area contributed by atoms with Crippen molar-refractivity contribution in [2.24, 2.45) is 11.3 Å². The van der Waals surface area contributed by atoms with Crippen LogP contribution in [0, 0.1) is 11.3 Å². The average Bonchev–Trinajstić information content (AvgIpc) is 3.34. The normalized spacial score (nSPS) is 23.8. The third kappa shape index (κ3) is 3.34. The number of hydrogen-bond acceptors (Lipinski definition) is 5. The minimum atomic E-state index is -0.809. The topological polar surface area (TPSA) is 113 Å². The van der Waals surface area contributed by atoms with Gasteiger partial charge in [-0.25, -0.2) is 14.8 Å². The fourth-order valence-electron chi connectivity index (χ4n) is 4.37. The highest BCUT2D eigenvalue weighted by atomic mass is 16.4. The molecule has 4 rings (SSSR count). The predicted octanol–water partition coefficient (Wildman–Crippen LogP) is 2.68. The lowest BCUT2D eigenvalue weighted by atomic mass is 9.81. The number of carboxylic acids is 1. The van der Waals surface area contributed by atoms with Crippen molar-refractivity contribution in [3.63, 3.8) is 0 Å². The number of anilines is 1. The number of carboxylic acid groups (broad SMARTS) is 1. The second-order valence-corrected chi connectivity index (χ2v) is 8.99. The third-order valence-electron chi connectivity index (χ3n) is 6.04. The Hall–Kier alpha value is -2.97. The molecule has 0 radical (unpaired) electrons. The molecule has 1 saturated carbocycles. The summed E-state index contributed by atoms with van der Waals surface area (Å²) in [5.74, 6) is 0.0393. The molecule has 2 aromatic heterocycles. The smallest absolute Gasteiger partial charge is 0.323 e. The summed E-state index contributed by atoms with van der Waals surface area (Å²) in [6.45, 7) is 6.81. The highest BCUT2D eigenvalue weighted by Gasteiger charge is 2.55. The number of aromatic nitrogens is 4. The van der Waals surface area contributed by atoms with Crippen molar-refractivity contribution in [1.82, 2.24) is 24.6 Å². The van der Waals surface area contributed by atoms with Crippen LogP contribution in [0.4, 0.5) is 10.6 Å². The van der Waals surface area contributed by atoms with E-state index in [4.69, 9.17) is 0 Å². The van der Waals surface area contributed by atoms with E-state index in [9.17, 15) is 14.7 Å². The highest BCUT2D eigenvalue weighted by molar-refractivity contribution is 5.90. The molecule has 3 heterocycles. The molecule has 2 fully saturated rings. The molecule has 1 aliphatic carbocycles. The number of nitrogens with zero attached hydrogens (tertiary/aromatic N) is 5. The summed E-state index contributed by atoms with van der Waals surface area (Å²) < 4.78 is 1.52. The molecule has 2 atom stereocenters. The molecule has 0 unspecified atom stereocenters. The SMILES string of the molecule is CC(C)(C)c1cc(NC(=O)N2C[C@@H]3CCC[C@@]3(C(=O)O)C2)n(-c2ncccn2)n1. The number of amides is 2. The lowest BCUT2D eigenvalue weighted by Gasteiger charge is -2.23. The van der Waals surface area contributed by atoms with Crippen molar-refractivity contribution in [3.8, 4) is 5.95 Å². The summed E-state index contributed by atoms with van der Waals surface area (Å²) in [6, 6.07) is 3.21. The lowest BCUT2D eigenvalue weighted by Crippen LogP contribution is -2.39. The van der Waals surface area contributed by atoms with Crippen LogP contribution in [-0.4, -0.2) is 54.8 Å². The summed E-state index contributed by atoms with van der Waals surface area (Å²) in [4.78, 5) is 35.0. The van der Waals surface area contributed by atoms with Crippen LogP contribution in [0.1, 0.15) is 45.7 Å². The molecule has 2 aliphatic rings. The van der Waals surface area contributed by atoms with Crippen LogP contribution in [-0.2, 0) is 10.2 Å². The maximum atomic E-state index is 13.0. The van der Waals surface area contributed by atoms with Gasteiger partial charge in [-0.15, -0.1) is 0 Å². The molecular weight excluding hydrogens is 372 g/mol. The van der Waals surface area contributed by atoms with Gasteiger partial charge in [0.2, 0.25) is 0 Å². The van der Waals surface area contributed by atoms with Crippen molar-refractivity contribution < 1.29 is 14.7 Å². The molecule has 0 aromatic carbocycles. The second kappa shape index (κ2) is 6.82. The maximum Gasteiger partial charge on any atom is 0.323 e. The molecule has 0 bridgehead atoms. The van der Waals surface area contributed by atoms with Crippen molar-refractivity contribution in [1.29, 1.82) is 0 Å². The molecule has 2 N–H and O–H groups in total. The van der Waals surface area contributed by atoms with Gasteiger partial charge in [0, 0.05) is 37.0 Å². The number of carbonyl (C=O) groups is 2. The predicted molar refractivity (Wildman–Crippen MR) is 106 cm³/mol. The van der Waals surface area contributed by atoms with Crippen LogP contribution in [0.15, 0.2) is 24.5 Å². The number of likely N-dealkylation sites (tertiary alicyclic amines) is 1. The van der Waals surface area contributed by atoms with E-state index >= 15 is 0 Å². The minimum absolute atomic E-state index is 0.0123. The van der Waals surface area contributed by atoms with Gasteiger partial charge in [-0.1, -0.05) is 27.2 Å². The number of aliphatic carboxylic acids is 1. The van der Waals surface area contributed by atoms with E-state index in [0.29, 0.717) is 24.7 Å². The van der Waals surface area contributed by atoms with E-state index in [1.165, 1.54) is 4.68 Å². The number of carbonyl (C=O) groups excluding carboxylic acids is 1. The molecular formula is C20H26N6O3. The van der Waals surface area contributed by atoms with E-state index in [-0.39, 0.29) is 23.9 Å². The van der Waals surface area contributed by atoms with Gasteiger partial charge in [0.05, 0.1) is 11.1 Å². The maximum absolute atomic E-state index is 13.0. The zero-order chi connectivity index (χ0) is 20.8. The van der Waals surface area contributed by atoms with Crippen molar-refractivity contribution >= 4 is 17.8 Å². The van der Waals surface area contributed by atoms with Crippen molar-refractivity contribution in [2.45, 2.75) is 45.4 Å². The first-order valence-corrected chi connectivity index (χ1v) is 9.88. The van der Waals surface area contributed by atoms with Gasteiger partial charge in [-0.05, 0) is 24.8 Å². The Labute approximate surface area is 169 Å². The number of fused-ring (bicyclic) bond motifs is 1. The summed E-state index contributed by atoms with van der Waals surface area (Å²) in [5, 5.41) is 17.3. The number of hydrogen-bond donors (Lipinski definition) is 2. The van der Waals surface area contributed by atoms with Gasteiger partial charge in [0.25, 0.3) is 5.95 Å². The minimum Gasteiger partial charge on any atom is -0.481 e. The van der Waals surface area contributed by atoms with Gasteiger partial charge in [-0.3, -0.25) is 10.1 Å². The first-order chi connectivity index (χ1) is 13.7. The molecule has 9 nitrogen and oxygen atoms in total. The van der Waals surface area contributed by atoms with E-state index in [1.807, 2.05) is 26.8 Å². The molecule has 29 heavy (non-hydrogen) atoms. The first kappa shape index (κ1) is 19.4. The Balaban J connectivity index is 1.60. The van der Waals surface area contributed by atoms with Gasteiger partial charge in [0.15, 0.2) is 0 Å². The van der Waals surface area contributed by atoms with E-state index in [0.717, 1.165) is 18.5 Å².